The fourth-order valence-electron chi connectivity index (χ4n) is 1.34. The zero-order valence-corrected chi connectivity index (χ0v) is 9.54. The molecular weight excluding hydrogens is 204 g/mol. The van der Waals surface area contributed by atoms with Gasteiger partial charge in [-0.3, -0.25) is 4.68 Å². The van der Waals surface area contributed by atoms with E-state index < -0.39 is 5.54 Å². The molecule has 0 unspecified atom stereocenters. The van der Waals surface area contributed by atoms with Crippen LogP contribution < -0.4 is 5.73 Å². The summed E-state index contributed by atoms with van der Waals surface area (Å²) in [6.07, 6.45) is 7.35. The lowest BCUT2D eigenvalue weighted by Gasteiger charge is -2.13. The molecule has 2 aromatic rings. The standard InChI is InChI=1S/C10H16N6/c1-10(2,11)9-7-16(14-13-9)6-5-15-4-3-12-8-15/h3-4,7-8H,5-6,11H2,1-2H3. The van der Waals surface area contributed by atoms with Gasteiger partial charge < -0.3 is 10.3 Å². The van der Waals surface area contributed by atoms with Crippen molar-refractivity contribution < 1.29 is 0 Å². The fraction of sp³-hybridized carbons (Fsp3) is 0.500. The lowest BCUT2D eigenvalue weighted by Crippen LogP contribution is -2.29. The Labute approximate surface area is 94.1 Å². The van der Waals surface area contributed by atoms with Gasteiger partial charge in [-0.2, -0.15) is 0 Å². The molecule has 0 aromatic carbocycles. The van der Waals surface area contributed by atoms with Crippen molar-refractivity contribution in [3.05, 3.63) is 30.6 Å². The van der Waals surface area contributed by atoms with Crippen LogP contribution in [0, 0.1) is 0 Å². The third-order valence-electron chi connectivity index (χ3n) is 2.35. The second-order valence-corrected chi connectivity index (χ2v) is 4.39. The Morgan fingerprint density at radius 2 is 2.19 bits per heavy atom. The molecule has 0 aliphatic heterocycles. The highest BCUT2D eigenvalue weighted by Crippen LogP contribution is 2.12. The number of aromatic nitrogens is 5. The summed E-state index contributed by atoms with van der Waals surface area (Å²) < 4.78 is 3.79. The van der Waals surface area contributed by atoms with Crippen molar-refractivity contribution in [1.82, 2.24) is 24.5 Å². The summed E-state index contributed by atoms with van der Waals surface area (Å²) in [6, 6.07) is 0. The largest absolute Gasteiger partial charge is 0.336 e. The monoisotopic (exact) mass is 220 g/mol. The first-order valence-corrected chi connectivity index (χ1v) is 5.21. The molecule has 0 saturated carbocycles. The van der Waals surface area contributed by atoms with Gasteiger partial charge >= 0.3 is 0 Å². The van der Waals surface area contributed by atoms with Crippen LogP contribution in [0.3, 0.4) is 0 Å². The molecule has 0 aliphatic rings. The van der Waals surface area contributed by atoms with Gasteiger partial charge in [-0.1, -0.05) is 5.21 Å². The SMILES string of the molecule is CC(C)(N)c1cn(CCn2ccnc2)nn1. The van der Waals surface area contributed by atoms with E-state index in [4.69, 9.17) is 5.73 Å². The van der Waals surface area contributed by atoms with Crippen LogP contribution in [0.4, 0.5) is 0 Å². The number of rotatable bonds is 4. The predicted molar refractivity (Wildman–Crippen MR) is 59.5 cm³/mol. The molecule has 2 heterocycles. The Bertz CT molecular complexity index is 436. The Kier molecular flexibility index (Phi) is 2.74. The molecule has 2 aromatic heterocycles. The van der Waals surface area contributed by atoms with E-state index in [2.05, 4.69) is 15.3 Å². The average molecular weight is 220 g/mol. The maximum atomic E-state index is 5.93. The van der Waals surface area contributed by atoms with E-state index in [0.29, 0.717) is 0 Å². The molecule has 16 heavy (non-hydrogen) atoms. The van der Waals surface area contributed by atoms with Gasteiger partial charge in [0.1, 0.15) is 5.69 Å². The first kappa shape index (κ1) is 10.8. The predicted octanol–water partition coefficient (Wildman–Crippen LogP) is 0.369. The average Bonchev–Trinajstić information content (AvgIpc) is 2.85. The van der Waals surface area contributed by atoms with Crippen molar-refractivity contribution in [3.63, 3.8) is 0 Å². The molecule has 0 radical (unpaired) electrons. The van der Waals surface area contributed by atoms with Crippen molar-refractivity contribution in [3.8, 4) is 0 Å². The van der Waals surface area contributed by atoms with Gasteiger partial charge in [0.25, 0.3) is 0 Å². The molecule has 2 N–H and O–H groups in total. The molecule has 6 nitrogen and oxygen atoms in total. The van der Waals surface area contributed by atoms with Crippen LogP contribution in [0.2, 0.25) is 0 Å². The first-order valence-electron chi connectivity index (χ1n) is 5.21. The second-order valence-electron chi connectivity index (χ2n) is 4.39. The molecular formula is C10H16N6. The van der Waals surface area contributed by atoms with E-state index in [0.717, 1.165) is 18.8 Å². The van der Waals surface area contributed by atoms with Crippen LogP contribution in [-0.2, 0) is 18.6 Å². The van der Waals surface area contributed by atoms with Gasteiger partial charge in [0, 0.05) is 18.9 Å². The van der Waals surface area contributed by atoms with Crippen LogP contribution >= 0.6 is 0 Å². The minimum Gasteiger partial charge on any atom is -0.336 e. The smallest absolute Gasteiger partial charge is 0.102 e. The Morgan fingerprint density at radius 1 is 1.38 bits per heavy atom. The minimum atomic E-state index is -0.437. The summed E-state index contributed by atoms with van der Waals surface area (Å²) in [6.45, 7) is 5.42. The van der Waals surface area contributed by atoms with E-state index in [9.17, 15) is 0 Å². The molecule has 0 atom stereocenters. The third-order valence-corrected chi connectivity index (χ3v) is 2.35. The summed E-state index contributed by atoms with van der Waals surface area (Å²) >= 11 is 0. The van der Waals surface area contributed by atoms with Gasteiger partial charge in [0.05, 0.1) is 24.6 Å². The maximum Gasteiger partial charge on any atom is 0.102 e. The van der Waals surface area contributed by atoms with E-state index in [1.807, 2.05) is 30.8 Å². The number of hydrogen-bond acceptors (Lipinski definition) is 4. The van der Waals surface area contributed by atoms with Crippen molar-refractivity contribution in [2.45, 2.75) is 32.5 Å². The number of imidazole rings is 1. The third kappa shape index (κ3) is 2.46. The molecule has 0 aliphatic carbocycles. The van der Waals surface area contributed by atoms with Crippen LogP contribution in [0.1, 0.15) is 19.5 Å². The summed E-state index contributed by atoms with van der Waals surface area (Å²) in [5, 5.41) is 8.09. The second kappa shape index (κ2) is 4.05. The van der Waals surface area contributed by atoms with Crippen LogP contribution in [0.25, 0.3) is 0 Å². The molecule has 0 amide bonds. The first-order chi connectivity index (χ1) is 7.55. The molecule has 2 rings (SSSR count). The zero-order valence-electron chi connectivity index (χ0n) is 9.54. The van der Waals surface area contributed by atoms with E-state index >= 15 is 0 Å². The van der Waals surface area contributed by atoms with Gasteiger partial charge in [0.15, 0.2) is 0 Å². The van der Waals surface area contributed by atoms with E-state index in [1.165, 1.54) is 0 Å². The zero-order chi connectivity index (χ0) is 11.6. The Balaban J connectivity index is 1.98. The number of nitrogens with two attached hydrogens (primary N) is 1. The summed E-state index contributed by atoms with van der Waals surface area (Å²) in [5.74, 6) is 0. The van der Waals surface area contributed by atoms with Gasteiger partial charge in [-0.15, -0.1) is 5.10 Å². The summed E-state index contributed by atoms with van der Waals surface area (Å²) in [5.41, 5.74) is 6.30. The van der Waals surface area contributed by atoms with Crippen LogP contribution in [0.15, 0.2) is 24.9 Å². The highest BCUT2D eigenvalue weighted by molar-refractivity contribution is 5.05. The highest BCUT2D eigenvalue weighted by atomic mass is 15.4. The summed E-state index contributed by atoms with van der Waals surface area (Å²) in [7, 11) is 0. The normalized spacial score (nSPS) is 11.9. The van der Waals surface area contributed by atoms with Gasteiger partial charge in [-0.05, 0) is 13.8 Å². The van der Waals surface area contributed by atoms with Crippen molar-refractivity contribution in [1.29, 1.82) is 0 Å². The minimum absolute atomic E-state index is 0.437. The van der Waals surface area contributed by atoms with Crippen LogP contribution in [0.5, 0.6) is 0 Å². The molecule has 0 saturated heterocycles. The molecule has 86 valence electrons. The maximum absolute atomic E-state index is 5.93. The summed E-state index contributed by atoms with van der Waals surface area (Å²) in [4.78, 5) is 3.98. The fourth-order valence-corrected chi connectivity index (χ4v) is 1.34. The lowest BCUT2D eigenvalue weighted by molar-refractivity contribution is 0.518. The number of aryl methyl sites for hydroxylation is 2. The number of hydrogen-bond donors (Lipinski definition) is 1. The van der Waals surface area contributed by atoms with Crippen molar-refractivity contribution in [2.75, 3.05) is 0 Å². The molecule has 0 fully saturated rings. The van der Waals surface area contributed by atoms with Gasteiger partial charge in [0.2, 0.25) is 0 Å². The molecule has 6 heteroatoms. The van der Waals surface area contributed by atoms with E-state index in [-0.39, 0.29) is 0 Å². The topological polar surface area (TPSA) is 74.5 Å². The quantitative estimate of drug-likeness (QED) is 0.807. The molecule has 0 bridgehead atoms. The van der Waals surface area contributed by atoms with Crippen molar-refractivity contribution >= 4 is 0 Å². The van der Waals surface area contributed by atoms with E-state index in [1.54, 1.807) is 17.2 Å². The lowest BCUT2D eigenvalue weighted by atomic mass is 10.0. The number of nitrogens with zero attached hydrogens (tertiary/aromatic N) is 5. The van der Waals surface area contributed by atoms with Crippen molar-refractivity contribution in [2.24, 2.45) is 5.73 Å². The Morgan fingerprint density at radius 3 is 2.75 bits per heavy atom. The van der Waals surface area contributed by atoms with Crippen LogP contribution in [-0.4, -0.2) is 24.5 Å². The molecule has 0 spiro atoms. The highest BCUT2D eigenvalue weighted by Gasteiger charge is 2.17. The Hall–Kier alpha value is -1.69. The van der Waals surface area contributed by atoms with Gasteiger partial charge in [-0.25, -0.2) is 4.98 Å².